The van der Waals surface area contributed by atoms with Crippen LogP contribution in [0.3, 0.4) is 0 Å². The highest BCUT2D eigenvalue weighted by Crippen LogP contribution is 2.26. The van der Waals surface area contributed by atoms with Crippen LogP contribution in [0, 0.1) is 11.8 Å². The van der Waals surface area contributed by atoms with Crippen LogP contribution < -0.4 is 10.6 Å². The lowest BCUT2D eigenvalue weighted by Crippen LogP contribution is -2.48. The van der Waals surface area contributed by atoms with Crippen LogP contribution in [0.1, 0.15) is 66.7 Å². The van der Waals surface area contributed by atoms with Crippen molar-refractivity contribution in [2.45, 2.75) is 78.8 Å². The molecule has 0 saturated carbocycles. The average Bonchev–Trinajstić information content (AvgIpc) is 2.83. The Morgan fingerprint density at radius 3 is 2.36 bits per heavy atom. The van der Waals surface area contributed by atoms with Crippen LogP contribution in [0.15, 0.2) is 0 Å². The van der Waals surface area contributed by atoms with E-state index < -0.39 is 0 Å². The number of nitrogens with one attached hydrogen (secondary N) is 2. The number of carbonyl (C=O) groups is 1. The highest BCUT2D eigenvalue weighted by atomic mass is 16.2. The predicted molar refractivity (Wildman–Crippen MR) is 94.1 cm³/mol. The zero-order valence-corrected chi connectivity index (χ0v) is 15.3. The maximum atomic E-state index is 12.0. The second-order valence-corrected chi connectivity index (χ2v) is 6.75. The molecule has 0 aromatic heterocycles. The number of hydrogen-bond donors (Lipinski definition) is 2. The summed E-state index contributed by atoms with van der Waals surface area (Å²) >= 11 is 0. The summed E-state index contributed by atoms with van der Waals surface area (Å²) in [6, 6.07) is 0.953. The van der Waals surface area contributed by atoms with Crippen LogP contribution in [0.5, 0.6) is 0 Å². The van der Waals surface area contributed by atoms with Gasteiger partial charge in [0.1, 0.15) is 0 Å². The Labute approximate surface area is 137 Å². The molecule has 130 valence electrons. The zero-order chi connectivity index (χ0) is 16.5. The van der Waals surface area contributed by atoms with Crippen LogP contribution in [0.25, 0.3) is 0 Å². The fourth-order valence-electron chi connectivity index (χ4n) is 3.72. The molecule has 4 atom stereocenters. The quantitative estimate of drug-likeness (QED) is 0.612. The van der Waals surface area contributed by atoms with Gasteiger partial charge in [0.05, 0.1) is 0 Å². The zero-order valence-electron chi connectivity index (χ0n) is 15.3. The van der Waals surface area contributed by atoms with E-state index in [2.05, 4.69) is 45.3 Å². The van der Waals surface area contributed by atoms with Gasteiger partial charge < -0.3 is 15.5 Å². The fraction of sp³-hybridized carbons (Fsp3) is 0.944. The molecule has 1 heterocycles. The lowest BCUT2D eigenvalue weighted by molar-refractivity contribution is 0.161. The van der Waals surface area contributed by atoms with E-state index in [9.17, 15) is 4.79 Å². The average molecular weight is 312 g/mol. The van der Waals surface area contributed by atoms with Gasteiger partial charge in [-0.3, -0.25) is 0 Å². The first-order chi connectivity index (χ1) is 10.6. The molecular weight excluding hydrogens is 274 g/mol. The number of amides is 2. The molecule has 2 amide bonds. The van der Waals surface area contributed by atoms with Gasteiger partial charge in [-0.25, -0.2) is 4.79 Å². The van der Waals surface area contributed by atoms with Crippen LogP contribution in [-0.4, -0.2) is 42.6 Å². The summed E-state index contributed by atoms with van der Waals surface area (Å²) in [7, 11) is 0. The minimum Gasteiger partial charge on any atom is -0.336 e. The summed E-state index contributed by atoms with van der Waals surface area (Å²) in [5, 5.41) is 6.70. The third kappa shape index (κ3) is 5.15. The highest BCUT2D eigenvalue weighted by molar-refractivity contribution is 5.76. The molecule has 1 saturated heterocycles. The molecule has 4 heteroatoms. The van der Waals surface area contributed by atoms with E-state index in [4.69, 9.17) is 0 Å². The van der Waals surface area contributed by atoms with Gasteiger partial charge in [0.15, 0.2) is 0 Å². The van der Waals surface area contributed by atoms with E-state index in [0.717, 1.165) is 26.1 Å². The van der Waals surface area contributed by atoms with Gasteiger partial charge in [0, 0.05) is 25.2 Å². The van der Waals surface area contributed by atoms with Crippen LogP contribution in [-0.2, 0) is 0 Å². The van der Waals surface area contributed by atoms with E-state index in [0.29, 0.717) is 23.9 Å². The first-order valence-corrected chi connectivity index (χ1v) is 9.36. The monoisotopic (exact) mass is 311 g/mol. The van der Waals surface area contributed by atoms with Crippen molar-refractivity contribution in [1.82, 2.24) is 15.5 Å². The Hall–Kier alpha value is -0.770. The highest BCUT2D eigenvalue weighted by Gasteiger charge is 2.33. The van der Waals surface area contributed by atoms with Gasteiger partial charge >= 0.3 is 6.03 Å². The maximum Gasteiger partial charge on any atom is 0.317 e. The summed E-state index contributed by atoms with van der Waals surface area (Å²) < 4.78 is 0. The molecule has 1 aliphatic rings. The number of rotatable bonds is 11. The van der Waals surface area contributed by atoms with Crippen LogP contribution in [0.4, 0.5) is 4.79 Å². The van der Waals surface area contributed by atoms with Crippen molar-refractivity contribution >= 4 is 6.03 Å². The van der Waals surface area contributed by atoms with Crippen molar-refractivity contribution in [2.75, 3.05) is 19.6 Å². The van der Waals surface area contributed by atoms with E-state index >= 15 is 0 Å². The second-order valence-electron chi connectivity index (χ2n) is 6.75. The third-order valence-corrected chi connectivity index (χ3v) is 5.21. The molecule has 4 unspecified atom stereocenters. The van der Waals surface area contributed by atoms with Gasteiger partial charge in [-0.15, -0.1) is 0 Å². The normalized spacial score (nSPS) is 22.5. The summed E-state index contributed by atoms with van der Waals surface area (Å²) in [4.78, 5) is 14.1. The number of unbranched alkanes of at least 4 members (excludes halogenated alkanes) is 1. The predicted octanol–water partition coefficient (Wildman–Crippen LogP) is 3.62. The van der Waals surface area contributed by atoms with Crippen molar-refractivity contribution in [1.29, 1.82) is 0 Å². The number of hydrogen-bond acceptors (Lipinski definition) is 2. The molecule has 0 aromatic rings. The molecule has 0 radical (unpaired) electrons. The number of carbonyl (C=O) groups excluding carboxylic acids is 1. The van der Waals surface area contributed by atoms with Gasteiger partial charge in [-0.2, -0.15) is 0 Å². The molecule has 22 heavy (non-hydrogen) atoms. The van der Waals surface area contributed by atoms with E-state index in [1.807, 2.05) is 4.90 Å². The minimum absolute atomic E-state index is 0.114. The molecule has 1 fully saturated rings. The molecule has 0 bridgehead atoms. The third-order valence-electron chi connectivity index (χ3n) is 5.21. The SMILES string of the molecule is CCCCC(CC)C(NCC)C(CC)CN1C(=O)NCC1C. The van der Waals surface area contributed by atoms with Crippen LogP contribution >= 0.6 is 0 Å². The summed E-state index contributed by atoms with van der Waals surface area (Å²) in [5.74, 6) is 1.25. The van der Waals surface area contributed by atoms with Crippen molar-refractivity contribution in [3.05, 3.63) is 0 Å². The second kappa shape index (κ2) is 10.1. The lowest BCUT2D eigenvalue weighted by Gasteiger charge is -2.36. The molecule has 1 rings (SSSR count). The van der Waals surface area contributed by atoms with Crippen molar-refractivity contribution in [3.8, 4) is 0 Å². The van der Waals surface area contributed by atoms with Gasteiger partial charge in [0.2, 0.25) is 0 Å². The van der Waals surface area contributed by atoms with E-state index in [-0.39, 0.29) is 6.03 Å². The molecule has 2 N–H and O–H groups in total. The maximum absolute atomic E-state index is 12.0. The van der Waals surface area contributed by atoms with E-state index in [1.54, 1.807) is 0 Å². The van der Waals surface area contributed by atoms with Crippen LogP contribution in [0.2, 0.25) is 0 Å². The Morgan fingerprint density at radius 2 is 1.91 bits per heavy atom. The van der Waals surface area contributed by atoms with Crippen molar-refractivity contribution in [3.63, 3.8) is 0 Å². The number of urea groups is 1. The van der Waals surface area contributed by atoms with Crippen molar-refractivity contribution in [2.24, 2.45) is 11.8 Å². The summed E-state index contributed by atoms with van der Waals surface area (Å²) in [5.41, 5.74) is 0. The molecule has 4 nitrogen and oxygen atoms in total. The van der Waals surface area contributed by atoms with Crippen molar-refractivity contribution < 1.29 is 4.79 Å². The minimum atomic E-state index is 0.114. The topological polar surface area (TPSA) is 44.4 Å². The van der Waals surface area contributed by atoms with E-state index in [1.165, 1.54) is 25.7 Å². The Kier molecular flexibility index (Phi) is 8.84. The molecular formula is C18H37N3O. The summed E-state index contributed by atoms with van der Waals surface area (Å²) in [6.07, 6.45) is 6.20. The molecule has 0 aromatic carbocycles. The smallest absolute Gasteiger partial charge is 0.317 e. The molecule has 0 spiro atoms. The van der Waals surface area contributed by atoms with Gasteiger partial charge in [-0.05, 0) is 31.7 Å². The lowest BCUT2D eigenvalue weighted by atomic mass is 9.81. The Balaban J connectivity index is 2.77. The van der Waals surface area contributed by atoms with Gasteiger partial charge in [0.25, 0.3) is 0 Å². The first-order valence-electron chi connectivity index (χ1n) is 9.36. The Morgan fingerprint density at radius 1 is 1.23 bits per heavy atom. The Bertz CT molecular complexity index is 321. The largest absolute Gasteiger partial charge is 0.336 e. The molecule has 1 aliphatic heterocycles. The fourth-order valence-corrected chi connectivity index (χ4v) is 3.72. The summed E-state index contributed by atoms with van der Waals surface area (Å²) in [6.45, 7) is 13.8. The first kappa shape index (κ1) is 19.3. The standard InChI is InChI=1S/C18H37N3O/c1-6-10-11-15(7-2)17(19-9-4)16(8-3)13-21-14(5)12-20-18(21)22/h14-17,19H,6-13H2,1-5H3,(H,20,22). The molecule has 0 aliphatic carbocycles. The number of nitrogens with zero attached hydrogens (tertiary/aromatic N) is 1. The van der Waals surface area contributed by atoms with Gasteiger partial charge in [-0.1, -0.05) is 53.4 Å².